The molecule has 0 aromatic heterocycles. The van der Waals surface area contributed by atoms with E-state index in [1.54, 1.807) is 12.1 Å². The Kier molecular flexibility index (Phi) is 6.95. The van der Waals surface area contributed by atoms with Crippen LogP contribution in [-0.2, 0) is 19.6 Å². The molecule has 34 heavy (non-hydrogen) atoms. The summed E-state index contributed by atoms with van der Waals surface area (Å²) >= 11 is 0. The molecular formula is C25H32N4O4S. The van der Waals surface area contributed by atoms with Crippen LogP contribution in [0.5, 0.6) is 0 Å². The Balaban J connectivity index is 1.59. The second-order valence-electron chi connectivity index (χ2n) is 9.18. The van der Waals surface area contributed by atoms with Crippen LogP contribution in [0.25, 0.3) is 0 Å². The molecule has 0 spiro atoms. The zero-order valence-corrected chi connectivity index (χ0v) is 20.7. The van der Waals surface area contributed by atoms with Gasteiger partial charge in [0, 0.05) is 27.2 Å². The van der Waals surface area contributed by atoms with Crippen LogP contribution in [0.3, 0.4) is 0 Å². The highest BCUT2D eigenvalue weighted by molar-refractivity contribution is 7.89. The molecule has 1 N–H and O–H groups in total. The Morgan fingerprint density at radius 2 is 1.85 bits per heavy atom. The van der Waals surface area contributed by atoms with Gasteiger partial charge in [0.15, 0.2) is 0 Å². The van der Waals surface area contributed by atoms with E-state index in [1.165, 1.54) is 25.1 Å². The van der Waals surface area contributed by atoms with Gasteiger partial charge in [0.2, 0.25) is 21.8 Å². The number of amides is 2. The van der Waals surface area contributed by atoms with Crippen LogP contribution in [0.15, 0.2) is 53.4 Å². The zero-order chi connectivity index (χ0) is 24.5. The number of fused-ring (bicyclic) bond motifs is 3. The largest absolute Gasteiger partial charge is 0.358 e. The second kappa shape index (κ2) is 9.76. The van der Waals surface area contributed by atoms with Crippen LogP contribution in [0, 0.1) is 0 Å². The maximum Gasteiger partial charge on any atom is 0.250 e. The molecule has 2 atom stereocenters. The van der Waals surface area contributed by atoms with Crippen molar-refractivity contribution in [2.75, 3.05) is 43.5 Å². The van der Waals surface area contributed by atoms with Crippen molar-refractivity contribution < 1.29 is 18.0 Å². The maximum atomic E-state index is 13.5. The molecule has 4 rings (SSSR count). The van der Waals surface area contributed by atoms with Crippen LogP contribution < -0.4 is 15.1 Å². The third kappa shape index (κ3) is 4.67. The highest BCUT2D eigenvalue weighted by Gasteiger charge is 2.40. The average molecular weight is 485 g/mol. The quantitative estimate of drug-likeness (QED) is 0.652. The summed E-state index contributed by atoms with van der Waals surface area (Å²) in [7, 11) is -0.741. The first-order valence-corrected chi connectivity index (χ1v) is 13.1. The molecule has 9 heteroatoms. The lowest BCUT2D eigenvalue weighted by Crippen LogP contribution is -2.57. The maximum absolute atomic E-state index is 13.5. The van der Waals surface area contributed by atoms with E-state index in [1.807, 2.05) is 37.3 Å². The molecule has 0 unspecified atom stereocenters. The van der Waals surface area contributed by atoms with Crippen LogP contribution in [-0.4, -0.2) is 64.3 Å². The van der Waals surface area contributed by atoms with Gasteiger partial charge in [0.1, 0.15) is 12.6 Å². The highest BCUT2D eigenvalue weighted by Crippen LogP contribution is 2.40. The number of anilines is 2. The molecule has 182 valence electrons. The summed E-state index contributed by atoms with van der Waals surface area (Å²) in [6, 6.07) is 14.5. The highest BCUT2D eigenvalue weighted by atomic mass is 32.2. The third-order valence-corrected chi connectivity index (χ3v) is 8.47. The zero-order valence-electron chi connectivity index (χ0n) is 19.9. The normalized spacial score (nSPS) is 18.9. The van der Waals surface area contributed by atoms with E-state index in [0.717, 1.165) is 41.4 Å². The monoisotopic (exact) mass is 484 g/mol. The number of hydrogen-bond donors (Lipinski definition) is 1. The second-order valence-corrected chi connectivity index (χ2v) is 11.3. The van der Waals surface area contributed by atoms with Gasteiger partial charge in [-0.2, -0.15) is 0 Å². The molecule has 1 saturated heterocycles. The molecule has 2 aliphatic heterocycles. The van der Waals surface area contributed by atoms with Gasteiger partial charge in [-0.05, 0) is 48.9 Å². The Hall–Kier alpha value is -2.91. The van der Waals surface area contributed by atoms with Crippen LogP contribution in [0.4, 0.5) is 11.4 Å². The minimum atomic E-state index is -3.68. The first-order valence-electron chi connectivity index (χ1n) is 11.7. The molecule has 2 heterocycles. The van der Waals surface area contributed by atoms with Gasteiger partial charge in [-0.25, -0.2) is 12.7 Å². The molecule has 0 saturated carbocycles. The minimum absolute atomic E-state index is 0.0996. The molecule has 2 aromatic rings. The predicted molar refractivity (Wildman–Crippen MR) is 133 cm³/mol. The van der Waals surface area contributed by atoms with Gasteiger partial charge in [-0.3, -0.25) is 14.5 Å². The SMILES string of the molecule is C[C@@H](CNC(=O)CN1C(=O)[C@H]2CCCCN2c2ccc(S(=O)(=O)N(C)C)cc21)c1ccccc1. The predicted octanol–water partition coefficient (Wildman–Crippen LogP) is 2.56. The van der Waals surface area contributed by atoms with Gasteiger partial charge in [-0.15, -0.1) is 0 Å². The fourth-order valence-electron chi connectivity index (χ4n) is 4.64. The van der Waals surface area contributed by atoms with E-state index in [9.17, 15) is 18.0 Å². The molecule has 2 aromatic carbocycles. The molecule has 0 aliphatic carbocycles. The summed E-state index contributed by atoms with van der Waals surface area (Å²) in [6.45, 7) is 3.07. The molecular weight excluding hydrogens is 452 g/mol. The van der Waals surface area contributed by atoms with Gasteiger partial charge in [-0.1, -0.05) is 37.3 Å². The number of sulfonamides is 1. The van der Waals surface area contributed by atoms with Crippen molar-refractivity contribution in [2.24, 2.45) is 0 Å². The number of nitrogens with zero attached hydrogens (tertiary/aromatic N) is 3. The van der Waals surface area contributed by atoms with Crippen LogP contribution >= 0.6 is 0 Å². The number of carbonyl (C=O) groups excluding carboxylic acids is 2. The van der Waals surface area contributed by atoms with E-state index in [-0.39, 0.29) is 35.2 Å². The van der Waals surface area contributed by atoms with Crippen molar-refractivity contribution in [1.29, 1.82) is 0 Å². The summed E-state index contributed by atoms with van der Waals surface area (Å²) in [5.41, 5.74) is 2.39. The Labute approximate surface area is 201 Å². The number of carbonyl (C=O) groups is 2. The van der Waals surface area contributed by atoms with Gasteiger partial charge in [0.05, 0.1) is 16.3 Å². The summed E-state index contributed by atoms with van der Waals surface area (Å²) in [6.07, 6.45) is 2.64. The summed E-state index contributed by atoms with van der Waals surface area (Å²) < 4.78 is 26.6. The lowest BCUT2D eigenvalue weighted by atomic mass is 9.96. The van der Waals surface area contributed by atoms with E-state index in [4.69, 9.17) is 0 Å². The van der Waals surface area contributed by atoms with Crippen molar-refractivity contribution in [2.45, 2.75) is 43.0 Å². The minimum Gasteiger partial charge on any atom is -0.358 e. The van der Waals surface area contributed by atoms with Gasteiger partial charge >= 0.3 is 0 Å². The Morgan fingerprint density at radius 1 is 1.12 bits per heavy atom. The molecule has 1 fully saturated rings. The summed E-state index contributed by atoms with van der Waals surface area (Å²) in [5, 5.41) is 2.94. The summed E-state index contributed by atoms with van der Waals surface area (Å²) in [4.78, 5) is 30.0. The lowest BCUT2D eigenvalue weighted by Gasteiger charge is -2.45. The molecule has 2 aliphatic rings. The number of benzene rings is 2. The van der Waals surface area contributed by atoms with E-state index in [2.05, 4.69) is 10.2 Å². The average Bonchev–Trinajstić information content (AvgIpc) is 2.85. The summed E-state index contributed by atoms with van der Waals surface area (Å²) in [5.74, 6) is -0.301. The van der Waals surface area contributed by atoms with E-state index in [0.29, 0.717) is 12.2 Å². The molecule has 8 nitrogen and oxygen atoms in total. The van der Waals surface area contributed by atoms with E-state index >= 15 is 0 Å². The van der Waals surface area contributed by atoms with Gasteiger partial charge in [0.25, 0.3) is 0 Å². The topological polar surface area (TPSA) is 90.0 Å². The first-order chi connectivity index (χ1) is 16.2. The number of hydrogen-bond acceptors (Lipinski definition) is 5. The van der Waals surface area contributed by atoms with Crippen molar-refractivity contribution in [3.8, 4) is 0 Å². The fraction of sp³-hybridized carbons (Fsp3) is 0.440. The van der Waals surface area contributed by atoms with E-state index < -0.39 is 10.0 Å². The molecule has 0 radical (unpaired) electrons. The third-order valence-electron chi connectivity index (χ3n) is 6.66. The van der Waals surface area contributed by atoms with Crippen molar-refractivity contribution >= 4 is 33.2 Å². The number of nitrogens with one attached hydrogen (secondary N) is 1. The lowest BCUT2D eigenvalue weighted by molar-refractivity contribution is -0.125. The van der Waals surface area contributed by atoms with Crippen LogP contribution in [0.2, 0.25) is 0 Å². The van der Waals surface area contributed by atoms with Crippen molar-refractivity contribution in [3.63, 3.8) is 0 Å². The number of piperidine rings is 1. The molecule has 0 bridgehead atoms. The van der Waals surface area contributed by atoms with Crippen molar-refractivity contribution in [3.05, 3.63) is 54.1 Å². The smallest absolute Gasteiger partial charge is 0.250 e. The van der Waals surface area contributed by atoms with Crippen molar-refractivity contribution in [1.82, 2.24) is 9.62 Å². The van der Waals surface area contributed by atoms with Gasteiger partial charge < -0.3 is 10.2 Å². The Bertz CT molecular complexity index is 1170. The number of rotatable bonds is 7. The van der Waals surface area contributed by atoms with Crippen LogP contribution in [0.1, 0.15) is 37.7 Å². The fourth-order valence-corrected chi connectivity index (χ4v) is 5.56. The standard InChI is InChI=1S/C25H32N4O4S/c1-18(19-9-5-4-6-10-19)16-26-24(30)17-29-23-15-20(34(32,33)27(2)3)12-13-21(23)28-14-8-7-11-22(28)25(29)31/h4-6,9-10,12-13,15,18,22H,7-8,11,14,16-17H2,1-3H3,(H,26,30)/t18-,22+/m0/s1. The molecule has 2 amide bonds. The first kappa shape index (κ1) is 24.2. The Morgan fingerprint density at radius 3 is 2.56 bits per heavy atom.